The highest BCUT2D eigenvalue weighted by molar-refractivity contribution is 8.00. The number of rotatable bonds is 6. The van der Waals surface area contributed by atoms with E-state index in [1.54, 1.807) is 0 Å². The Morgan fingerprint density at radius 3 is 2.74 bits per heavy atom. The van der Waals surface area contributed by atoms with Crippen molar-refractivity contribution in [2.75, 3.05) is 19.9 Å². The van der Waals surface area contributed by atoms with Crippen molar-refractivity contribution >= 4 is 17.7 Å². The zero-order chi connectivity index (χ0) is 13.7. The van der Waals surface area contributed by atoms with E-state index in [0.717, 1.165) is 12.1 Å². The molecule has 0 amide bonds. The van der Waals surface area contributed by atoms with E-state index in [1.165, 1.54) is 26.4 Å². The van der Waals surface area contributed by atoms with Gasteiger partial charge in [-0.05, 0) is 30.7 Å². The Kier molecular flexibility index (Phi) is 4.88. The summed E-state index contributed by atoms with van der Waals surface area (Å²) in [6.45, 7) is 1.72. The molecule has 0 heterocycles. The largest absolute Gasteiger partial charge is 0.465 e. The predicted molar refractivity (Wildman–Crippen MR) is 79.6 cm³/mol. The molecule has 0 atom stereocenters. The normalized spacial score (nSPS) is 16.7. The van der Waals surface area contributed by atoms with Crippen LogP contribution in [0.1, 0.15) is 35.2 Å². The first-order valence-corrected chi connectivity index (χ1v) is 7.85. The van der Waals surface area contributed by atoms with Crippen molar-refractivity contribution in [2.45, 2.75) is 30.6 Å². The number of thioether (sulfide) groups is 1. The minimum Gasteiger partial charge on any atom is -0.465 e. The van der Waals surface area contributed by atoms with Crippen LogP contribution >= 0.6 is 11.8 Å². The summed E-state index contributed by atoms with van der Waals surface area (Å²) < 4.78 is 5.22. The second-order valence-electron chi connectivity index (χ2n) is 4.99. The molecule has 0 saturated heterocycles. The lowest BCUT2D eigenvalue weighted by Gasteiger charge is -2.40. The molecule has 4 heteroatoms. The van der Waals surface area contributed by atoms with Crippen molar-refractivity contribution in [3.63, 3.8) is 0 Å². The Bertz CT molecular complexity index is 438. The number of hydrogen-bond acceptors (Lipinski definition) is 4. The van der Waals surface area contributed by atoms with E-state index in [1.807, 2.05) is 36.0 Å². The highest BCUT2D eigenvalue weighted by Crippen LogP contribution is 2.42. The van der Waals surface area contributed by atoms with Crippen LogP contribution < -0.4 is 5.32 Å². The molecule has 1 aromatic carbocycles. The Morgan fingerprint density at radius 2 is 2.16 bits per heavy atom. The quantitative estimate of drug-likeness (QED) is 0.813. The van der Waals surface area contributed by atoms with Crippen molar-refractivity contribution in [2.24, 2.45) is 0 Å². The molecule has 1 saturated carbocycles. The summed E-state index contributed by atoms with van der Waals surface area (Å²) in [6, 6.07) is 7.62. The number of carbonyl (C=O) groups is 1. The zero-order valence-electron chi connectivity index (χ0n) is 11.6. The first kappa shape index (κ1) is 14.4. The SMILES string of the molecule is COC(=O)c1ccccc1CNCC1(SC)CCC1. The van der Waals surface area contributed by atoms with Gasteiger partial charge < -0.3 is 10.1 Å². The van der Waals surface area contributed by atoms with Crippen molar-refractivity contribution in [1.29, 1.82) is 0 Å². The zero-order valence-corrected chi connectivity index (χ0v) is 12.4. The smallest absolute Gasteiger partial charge is 0.338 e. The second-order valence-corrected chi connectivity index (χ2v) is 6.27. The number of hydrogen-bond donors (Lipinski definition) is 1. The lowest BCUT2D eigenvalue weighted by Crippen LogP contribution is -2.43. The first-order valence-electron chi connectivity index (χ1n) is 6.63. The van der Waals surface area contributed by atoms with Gasteiger partial charge in [-0.3, -0.25) is 0 Å². The third kappa shape index (κ3) is 3.31. The summed E-state index contributed by atoms with van der Waals surface area (Å²) in [7, 11) is 1.42. The van der Waals surface area contributed by atoms with Gasteiger partial charge >= 0.3 is 5.97 Å². The van der Waals surface area contributed by atoms with Gasteiger partial charge in [0.2, 0.25) is 0 Å². The Labute approximate surface area is 119 Å². The summed E-state index contributed by atoms with van der Waals surface area (Å²) in [5.41, 5.74) is 1.66. The van der Waals surface area contributed by atoms with E-state index in [9.17, 15) is 4.79 Å². The molecular formula is C15H21NO2S. The van der Waals surface area contributed by atoms with Crippen LogP contribution in [0, 0.1) is 0 Å². The van der Waals surface area contributed by atoms with Gasteiger partial charge in [0, 0.05) is 17.8 Å². The van der Waals surface area contributed by atoms with Crippen molar-refractivity contribution in [1.82, 2.24) is 5.32 Å². The van der Waals surface area contributed by atoms with E-state index in [-0.39, 0.29) is 5.97 Å². The van der Waals surface area contributed by atoms with Gasteiger partial charge in [-0.25, -0.2) is 4.79 Å². The summed E-state index contributed by atoms with van der Waals surface area (Å²) >= 11 is 1.96. The van der Waals surface area contributed by atoms with Crippen molar-refractivity contribution in [3.05, 3.63) is 35.4 Å². The molecule has 0 bridgehead atoms. The fourth-order valence-electron chi connectivity index (χ4n) is 2.43. The number of nitrogens with one attached hydrogen (secondary N) is 1. The third-order valence-electron chi connectivity index (χ3n) is 3.88. The van der Waals surface area contributed by atoms with Crippen LogP contribution in [0.2, 0.25) is 0 Å². The van der Waals surface area contributed by atoms with E-state index in [2.05, 4.69) is 11.6 Å². The Balaban J connectivity index is 1.94. The first-order chi connectivity index (χ1) is 9.21. The van der Waals surface area contributed by atoms with Gasteiger partial charge in [0.25, 0.3) is 0 Å². The van der Waals surface area contributed by atoms with Crippen LogP contribution in [0.3, 0.4) is 0 Å². The molecule has 1 aliphatic rings. The summed E-state index contributed by atoms with van der Waals surface area (Å²) in [5.74, 6) is -0.263. The standard InChI is InChI=1S/C15H21NO2S/c1-18-14(17)13-7-4-3-6-12(13)10-16-11-15(19-2)8-5-9-15/h3-4,6-7,16H,5,8-11H2,1-2H3. The number of carbonyl (C=O) groups excluding carboxylic acids is 1. The summed E-state index contributed by atoms with van der Waals surface area (Å²) in [4.78, 5) is 11.7. The average Bonchev–Trinajstić information content (AvgIpc) is 2.41. The fourth-order valence-corrected chi connectivity index (χ4v) is 3.38. The second kappa shape index (κ2) is 6.44. The molecular weight excluding hydrogens is 258 g/mol. The van der Waals surface area contributed by atoms with Crippen molar-refractivity contribution < 1.29 is 9.53 Å². The van der Waals surface area contributed by atoms with Crippen LogP contribution in [0.5, 0.6) is 0 Å². The van der Waals surface area contributed by atoms with E-state index in [0.29, 0.717) is 16.9 Å². The predicted octanol–water partition coefficient (Wildman–Crippen LogP) is 2.85. The van der Waals surface area contributed by atoms with Gasteiger partial charge in [-0.2, -0.15) is 11.8 Å². The summed E-state index contributed by atoms with van der Waals surface area (Å²) in [5, 5.41) is 3.49. The van der Waals surface area contributed by atoms with E-state index >= 15 is 0 Å². The Morgan fingerprint density at radius 1 is 1.42 bits per heavy atom. The molecule has 1 aliphatic carbocycles. The summed E-state index contributed by atoms with van der Waals surface area (Å²) in [6.07, 6.45) is 6.10. The maximum absolute atomic E-state index is 11.7. The van der Waals surface area contributed by atoms with Crippen LogP contribution in [-0.4, -0.2) is 30.6 Å². The number of ether oxygens (including phenoxy) is 1. The maximum Gasteiger partial charge on any atom is 0.338 e. The molecule has 0 unspecified atom stereocenters. The highest BCUT2D eigenvalue weighted by Gasteiger charge is 2.35. The number of esters is 1. The minimum atomic E-state index is -0.263. The van der Waals surface area contributed by atoms with Gasteiger partial charge in [-0.15, -0.1) is 0 Å². The molecule has 0 aliphatic heterocycles. The van der Waals surface area contributed by atoms with E-state index < -0.39 is 0 Å². The van der Waals surface area contributed by atoms with Crippen molar-refractivity contribution in [3.8, 4) is 0 Å². The van der Waals surface area contributed by atoms with Crippen LogP contribution in [-0.2, 0) is 11.3 Å². The molecule has 0 aromatic heterocycles. The molecule has 0 radical (unpaired) electrons. The molecule has 2 rings (SSSR count). The number of methoxy groups -OCH3 is 1. The van der Waals surface area contributed by atoms with Crippen LogP contribution in [0.15, 0.2) is 24.3 Å². The van der Waals surface area contributed by atoms with Gasteiger partial charge in [-0.1, -0.05) is 24.6 Å². The third-order valence-corrected chi connectivity index (χ3v) is 5.30. The van der Waals surface area contributed by atoms with Gasteiger partial charge in [0.05, 0.1) is 12.7 Å². The molecule has 1 N–H and O–H groups in total. The average molecular weight is 279 g/mol. The number of benzene rings is 1. The minimum absolute atomic E-state index is 0.263. The highest BCUT2D eigenvalue weighted by atomic mass is 32.2. The molecule has 1 fully saturated rings. The molecule has 0 spiro atoms. The van der Waals surface area contributed by atoms with Crippen LogP contribution in [0.4, 0.5) is 0 Å². The van der Waals surface area contributed by atoms with Gasteiger partial charge in [0.15, 0.2) is 0 Å². The molecule has 19 heavy (non-hydrogen) atoms. The molecule has 104 valence electrons. The monoisotopic (exact) mass is 279 g/mol. The maximum atomic E-state index is 11.7. The van der Waals surface area contributed by atoms with Gasteiger partial charge in [0.1, 0.15) is 0 Å². The lowest BCUT2D eigenvalue weighted by molar-refractivity contribution is 0.0599. The molecule has 1 aromatic rings. The van der Waals surface area contributed by atoms with Crippen LogP contribution in [0.25, 0.3) is 0 Å². The Hall–Kier alpha value is -1.00. The topological polar surface area (TPSA) is 38.3 Å². The fraction of sp³-hybridized carbons (Fsp3) is 0.533. The lowest BCUT2D eigenvalue weighted by atomic mass is 9.84. The molecule has 3 nitrogen and oxygen atoms in total. The van der Waals surface area contributed by atoms with E-state index in [4.69, 9.17) is 4.74 Å².